The van der Waals surface area contributed by atoms with Crippen molar-refractivity contribution in [3.63, 3.8) is 0 Å². The Bertz CT molecular complexity index is 195. The van der Waals surface area contributed by atoms with E-state index in [0.29, 0.717) is 0 Å². The monoisotopic (exact) mass is 152 g/mol. The average molecular weight is 152 g/mol. The normalized spacial score (nSPS) is 13.2. The van der Waals surface area contributed by atoms with Gasteiger partial charge in [-0.3, -0.25) is 0 Å². The van der Waals surface area contributed by atoms with Crippen molar-refractivity contribution in [3.8, 4) is 11.8 Å². The lowest BCUT2D eigenvalue weighted by molar-refractivity contribution is 0.253. The number of rotatable bonds is 0. The van der Waals surface area contributed by atoms with E-state index in [4.69, 9.17) is 5.11 Å². The van der Waals surface area contributed by atoms with Crippen LogP contribution in [-0.2, 0) is 0 Å². The van der Waals surface area contributed by atoms with Crippen LogP contribution in [0.2, 0.25) is 0 Å². The predicted molar refractivity (Wildman–Crippen MR) is 48.1 cm³/mol. The van der Waals surface area contributed by atoms with Crippen molar-refractivity contribution in [2.75, 3.05) is 0 Å². The van der Waals surface area contributed by atoms with Crippen LogP contribution in [0.5, 0.6) is 0 Å². The zero-order valence-electron chi connectivity index (χ0n) is 7.73. The fourth-order valence-corrected chi connectivity index (χ4v) is 0.379. The Kier molecular flexibility index (Phi) is 3.35. The Morgan fingerprint density at radius 3 is 2.18 bits per heavy atom. The van der Waals surface area contributed by atoms with E-state index in [1.807, 2.05) is 20.8 Å². The van der Waals surface area contributed by atoms with Crippen LogP contribution >= 0.6 is 0 Å². The van der Waals surface area contributed by atoms with Crippen molar-refractivity contribution in [1.29, 1.82) is 0 Å². The average Bonchev–Trinajstić information content (AvgIpc) is 1.80. The molecular formula is C10H16O. The highest BCUT2D eigenvalue weighted by atomic mass is 16.3. The molecule has 0 saturated heterocycles. The van der Waals surface area contributed by atoms with E-state index in [1.54, 1.807) is 6.92 Å². The van der Waals surface area contributed by atoms with Crippen LogP contribution in [0.1, 0.15) is 27.7 Å². The summed E-state index contributed by atoms with van der Waals surface area (Å²) in [7, 11) is 0. The third-order valence-corrected chi connectivity index (χ3v) is 1.34. The molecule has 0 aliphatic rings. The first-order valence-corrected chi connectivity index (χ1v) is 3.73. The first-order valence-electron chi connectivity index (χ1n) is 3.73. The molecule has 0 aliphatic heterocycles. The maximum absolute atomic E-state index is 8.85. The van der Waals surface area contributed by atoms with E-state index >= 15 is 0 Å². The van der Waals surface area contributed by atoms with Crippen molar-refractivity contribution in [1.82, 2.24) is 0 Å². The van der Waals surface area contributed by atoms with Crippen molar-refractivity contribution < 1.29 is 5.11 Å². The van der Waals surface area contributed by atoms with Crippen LogP contribution in [0.4, 0.5) is 0 Å². The Labute approximate surface area is 69.1 Å². The fraction of sp³-hybridized carbons (Fsp3) is 0.600. The second-order valence-electron chi connectivity index (χ2n) is 3.67. The van der Waals surface area contributed by atoms with Gasteiger partial charge in [0, 0.05) is 5.57 Å². The Morgan fingerprint density at radius 1 is 1.45 bits per heavy atom. The molecule has 11 heavy (non-hydrogen) atoms. The third kappa shape index (κ3) is 4.64. The van der Waals surface area contributed by atoms with Crippen LogP contribution < -0.4 is 0 Å². The minimum absolute atomic E-state index is 0.0158. The van der Waals surface area contributed by atoms with Crippen LogP contribution in [0.25, 0.3) is 0 Å². The molecule has 1 unspecified atom stereocenters. The molecule has 0 bridgehead atoms. The van der Waals surface area contributed by atoms with Gasteiger partial charge < -0.3 is 5.11 Å². The minimum Gasteiger partial charge on any atom is -0.381 e. The summed E-state index contributed by atoms with van der Waals surface area (Å²) in [6, 6.07) is 0. The zero-order chi connectivity index (χ0) is 9.07. The summed E-state index contributed by atoms with van der Waals surface area (Å²) in [6.45, 7) is 11.6. The topological polar surface area (TPSA) is 20.2 Å². The molecule has 1 nitrogen and oxygen atoms in total. The highest BCUT2D eigenvalue weighted by Crippen LogP contribution is 2.22. The molecule has 0 fully saturated rings. The predicted octanol–water partition coefficient (Wildman–Crippen LogP) is 1.97. The van der Waals surface area contributed by atoms with Gasteiger partial charge in [0.1, 0.15) is 6.10 Å². The van der Waals surface area contributed by atoms with Gasteiger partial charge in [0.25, 0.3) is 0 Å². The second kappa shape index (κ2) is 3.59. The molecule has 0 radical (unpaired) electrons. The van der Waals surface area contributed by atoms with Crippen LogP contribution in [-0.4, -0.2) is 11.2 Å². The number of hydrogen-bond acceptors (Lipinski definition) is 1. The SMILES string of the molecule is C=C(C#CC(C)O)C(C)(C)C. The van der Waals surface area contributed by atoms with E-state index in [9.17, 15) is 0 Å². The summed E-state index contributed by atoms with van der Waals surface area (Å²) < 4.78 is 0. The fourth-order valence-electron chi connectivity index (χ4n) is 0.379. The summed E-state index contributed by atoms with van der Waals surface area (Å²) in [4.78, 5) is 0. The Morgan fingerprint density at radius 2 is 1.91 bits per heavy atom. The van der Waals surface area contributed by atoms with Gasteiger partial charge in [-0.25, -0.2) is 0 Å². The summed E-state index contributed by atoms with van der Waals surface area (Å²) in [5.41, 5.74) is 0.875. The lowest BCUT2D eigenvalue weighted by Gasteiger charge is -2.16. The smallest absolute Gasteiger partial charge is 0.112 e. The summed E-state index contributed by atoms with van der Waals surface area (Å²) >= 11 is 0. The molecule has 0 saturated carbocycles. The van der Waals surface area contributed by atoms with Crippen LogP contribution in [0.15, 0.2) is 12.2 Å². The second-order valence-corrected chi connectivity index (χ2v) is 3.67. The van der Waals surface area contributed by atoms with Crippen molar-refractivity contribution in [2.24, 2.45) is 5.41 Å². The van der Waals surface area contributed by atoms with Gasteiger partial charge in [-0.2, -0.15) is 0 Å². The van der Waals surface area contributed by atoms with E-state index in [2.05, 4.69) is 18.4 Å². The first-order chi connectivity index (χ1) is 4.84. The molecule has 0 aromatic heterocycles. The van der Waals surface area contributed by atoms with Gasteiger partial charge in [-0.1, -0.05) is 39.2 Å². The standard InChI is InChI=1S/C10H16O/c1-8(10(3,4)5)6-7-9(2)11/h9,11H,1H2,2-5H3. The molecule has 1 atom stereocenters. The molecule has 0 heterocycles. The molecule has 0 aromatic rings. The lowest BCUT2D eigenvalue weighted by atomic mass is 9.88. The molecule has 0 aromatic carbocycles. The van der Waals surface area contributed by atoms with E-state index in [1.165, 1.54) is 0 Å². The Hall–Kier alpha value is -0.740. The van der Waals surface area contributed by atoms with Crippen molar-refractivity contribution in [3.05, 3.63) is 12.2 Å². The van der Waals surface area contributed by atoms with Gasteiger partial charge in [0.15, 0.2) is 0 Å². The highest BCUT2D eigenvalue weighted by Gasteiger charge is 2.12. The van der Waals surface area contributed by atoms with Gasteiger partial charge >= 0.3 is 0 Å². The molecule has 0 aliphatic carbocycles. The van der Waals surface area contributed by atoms with E-state index in [0.717, 1.165) is 5.57 Å². The number of hydrogen-bond donors (Lipinski definition) is 1. The minimum atomic E-state index is -0.561. The number of allylic oxidation sites excluding steroid dienone is 1. The van der Waals surface area contributed by atoms with Crippen molar-refractivity contribution >= 4 is 0 Å². The number of aliphatic hydroxyl groups excluding tert-OH is 1. The lowest BCUT2D eigenvalue weighted by Crippen LogP contribution is -2.07. The van der Waals surface area contributed by atoms with Gasteiger partial charge in [-0.15, -0.1) is 0 Å². The Balaban J connectivity index is 4.23. The highest BCUT2D eigenvalue weighted by molar-refractivity contribution is 5.31. The molecule has 1 heteroatoms. The van der Waals surface area contributed by atoms with Gasteiger partial charge in [-0.05, 0) is 12.3 Å². The maximum atomic E-state index is 8.85. The molecule has 0 amide bonds. The molecular weight excluding hydrogens is 136 g/mol. The summed E-state index contributed by atoms with van der Waals surface area (Å²) in [6.07, 6.45) is -0.561. The molecule has 0 rings (SSSR count). The molecule has 1 N–H and O–H groups in total. The molecule has 62 valence electrons. The molecule has 0 spiro atoms. The largest absolute Gasteiger partial charge is 0.381 e. The summed E-state index contributed by atoms with van der Waals surface area (Å²) in [5, 5.41) is 8.85. The number of aliphatic hydroxyl groups is 1. The zero-order valence-corrected chi connectivity index (χ0v) is 7.73. The maximum Gasteiger partial charge on any atom is 0.112 e. The van der Waals surface area contributed by atoms with Crippen LogP contribution in [0, 0.1) is 17.3 Å². The van der Waals surface area contributed by atoms with E-state index in [-0.39, 0.29) is 5.41 Å². The van der Waals surface area contributed by atoms with Crippen molar-refractivity contribution in [2.45, 2.75) is 33.8 Å². The first kappa shape index (κ1) is 10.3. The summed E-state index contributed by atoms with van der Waals surface area (Å²) in [5.74, 6) is 5.49. The van der Waals surface area contributed by atoms with E-state index < -0.39 is 6.10 Å². The van der Waals surface area contributed by atoms with Crippen LogP contribution in [0.3, 0.4) is 0 Å². The van der Waals surface area contributed by atoms with Gasteiger partial charge in [0.05, 0.1) is 0 Å². The van der Waals surface area contributed by atoms with Gasteiger partial charge in [0.2, 0.25) is 0 Å². The third-order valence-electron chi connectivity index (χ3n) is 1.34. The quantitative estimate of drug-likeness (QED) is 0.526.